The van der Waals surface area contributed by atoms with Gasteiger partial charge in [-0.1, -0.05) is 12.1 Å². The van der Waals surface area contributed by atoms with Crippen molar-refractivity contribution < 1.29 is 19.1 Å². The summed E-state index contributed by atoms with van der Waals surface area (Å²) in [7, 11) is 1.60. The SMILES string of the molecule is COc1cccc(Oc2ncccc2CNC(=O)N2CCCCO2)c1. The van der Waals surface area contributed by atoms with Crippen LogP contribution in [0.5, 0.6) is 17.4 Å². The summed E-state index contributed by atoms with van der Waals surface area (Å²) in [6.07, 6.45) is 3.57. The van der Waals surface area contributed by atoms with Crippen LogP contribution in [0.25, 0.3) is 0 Å². The average molecular weight is 343 g/mol. The zero-order chi connectivity index (χ0) is 17.5. The van der Waals surface area contributed by atoms with E-state index in [0.29, 0.717) is 37.1 Å². The molecular formula is C18H21N3O4. The van der Waals surface area contributed by atoms with E-state index >= 15 is 0 Å². The number of ether oxygens (including phenoxy) is 2. The maximum absolute atomic E-state index is 12.1. The third kappa shape index (κ3) is 4.60. The highest BCUT2D eigenvalue weighted by Gasteiger charge is 2.18. The minimum atomic E-state index is -0.254. The van der Waals surface area contributed by atoms with Gasteiger partial charge in [-0.3, -0.25) is 4.84 Å². The standard InChI is InChI=1S/C18H21N3O4/c1-23-15-7-4-8-16(12-15)25-17-14(6-5-9-19-17)13-20-18(22)21-10-2-3-11-24-21/h4-9,12H,2-3,10-11,13H2,1H3,(H,20,22). The van der Waals surface area contributed by atoms with Gasteiger partial charge in [-0.25, -0.2) is 14.8 Å². The van der Waals surface area contributed by atoms with Gasteiger partial charge in [-0.15, -0.1) is 0 Å². The zero-order valence-corrected chi connectivity index (χ0v) is 14.1. The molecule has 132 valence electrons. The van der Waals surface area contributed by atoms with Gasteiger partial charge in [0.1, 0.15) is 11.5 Å². The minimum Gasteiger partial charge on any atom is -0.497 e. The first kappa shape index (κ1) is 17.0. The molecule has 0 radical (unpaired) electrons. The van der Waals surface area contributed by atoms with E-state index in [1.54, 1.807) is 25.4 Å². The summed E-state index contributed by atoms with van der Waals surface area (Å²) in [4.78, 5) is 21.7. The first-order valence-electron chi connectivity index (χ1n) is 8.20. The largest absolute Gasteiger partial charge is 0.497 e. The molecule has 2 aromatic rings. The normalized spacial score (nSPS) is 14.0. The Kier molecular flexibility index (Phi) is 5.69. The molecule has 2 heterocycles. The van der Waals surface area contributed by atoms with Crippen molar-refractivity contribution in [2.45, 2.75) is 19.4 Å². The molecule has 0 spiro atoms. The van der Waals surface area contributed by atoms with Crippen LogP contribution in [0.2, 0.25) is 0 Å². The van der Waals surface area contributed by atoms with Crippen molar-refractivity contribution in [3.8, 4) is 17.4 Å². The molecule has 7 heteroatoms. The van der Waals surface area contributed by atoms with Gasteiger partial charge in [0.2, 0.25) is 5.88 Å². The van der Waals surface area contributed by atoms with E-state index in [-0.39, 0.29) is 6.03 Å². The molecule has 1 fully saturated rings. The second-order valence-corrected chi connectivity index (χ2v) is 5.55. The van der Waals surface area contributed by atoms with E-state index in [1.165, 1.54) is 5.06 Å². The number of methoxy groups -OCH3 is 1. The van der Waals surface area contributed by atoms with E-state index in [1.807, 2.05) is 24.3 Å². The van der Waals surface area contributed by atoms with Crippen LogP contribution in [0.1, 0.15) is 18.4 Å². The highest BCUT2D eigenvalue weighted by Crippen LogP contribution is 2.26. The average Bonchev–Trinajstić information content (AvgIpc) is 2.68. The summed E-state index contributed by atoms with van der Waals surface area (Å²) >= 11 is 0. The van der Waals surface area contributed by atoms with Crippen molar-refractivity contribution in [1.29, 1.82) is 0 Å². The lowest BCUT2D eigenvalue weighted by molar-refractivity contribution is -0.139. The Morgan fingerprint density at radius 1 is 1.28 bits per heavy atom. The number of hydroxylamine groups is 2. The van der Waals surface area contributed by atoms with E-state index in [2.05, 4.69) is 10.3 Å². The van der Waals surface area contributed by atoms with Crippen LogP contribution < -0.4 is 14.8 Å². The molecule has 1 saturated heterocycles. The maximum Gasteiger partial charge on any atom is 0.341 e. The lowest BCUT2D eigenvalue weighted by Crippen LogP contribution is -2.42. The van der Waals surface area contributed by atoms with Crippen LogP contribution in [0.3, 0.4) is 0 Å². The van der Waals surface area contributed by atoms with Gasteiger partial charge in [-0.2, -0.15) is 0 Å². The highest BCUT2D eigenvalue weighted by molar-refractivity contribution is 5.73. The van der Waals surface area contributed by atoms with Crippen LogP contribution in [-0.2, 0) is 11.4 Å². The van der Waals surface area contributed by atoms with Crippen molar-refractivity contribution in [2.24, 2.45) is 0 Å². The van der Waals surface area contributed by atoms with Crippen LogP contribution in [-0.4, -0.2) is 36.3 Å². The molecule has 7 nitrogen and oxygen atoms in total. The summed E-state index contributed by atoms with van der Waals surface area (Å²) in [5.41, 5.74) is 0.774. The number of rotatable bonds is 5. The fourth-order valence-electron chi connectivity index (χ4n) is 2.44. The second kappa shape index (κ2) is 8.34. The number of pyridine rings is 1. The third-order valence-electron chi connectivity index (χ3n) is 3.76. The fourth-order valence-corrected chi connectivity index (χ4v) is 2.44. The summed E-state index contributed by atoms with van der Waals surface area (Å²) in [5.74, 6) is 1.76. The maximum atomic E-state index is 12.1. The van der Waals surface area contributed by atoms with Gasteiger partial charge in [0.15, 0.2) is 0 Å². The molecule has 0 unspecified atom stereocenters. The molecule has 25 heavy (non-hydrogen) atoms. The third-order valence-corrected chi connectivity index (χ3v) is 3.76. The number of hydrogen-bond acceptors (Lipinski definition) is 5. The number of benzene rings is 1. The number of carbonyl (C=O) groups is 1. The lowest BCUT2D eigenvalue weighted by atomic mass is 10.2. The van der Waals surface area contributed by atoms with Crippen LogP contribution >= 0.6 is 0 Å². The number of urea groups is 1. The first-order chi connectivity index (χ1) is 12.3. The van der Waals surface area contributed by atoms with E-state index in [4.69, 9.17) is 14.3 Å². The smallest absolute Gasteiger partial charge is 0.341 e. The van der Waals surface area contributed by atoms with Crippen molar-refractivity contribution in [2.75, 3.05) is 20.3 Å². The molecule has 0 aliphatic carbocycles. The fraction of sp³-hybridized carbons (Fsp3) is 0.333. The topological polar surface area (TPSA) is 72.9 Å². The van der Waals surface area contributed by atoms with E-state index in [0.717, 1.165) is 18.4 Å². The number of hydrogen-bond donors (Lipinski definition) is 1. The summed E-state index contributed by atoms with van der Waals surface area (Å²) in [6.45, 7) is 1.47. The molecule has 1 aromatic carbocycles. The summed E-state index contributed by atoms with van der Waals surface area (Å²) in [6, 6.07) is 10.7. The van der Waals surface area contributed by atoms with Gasteiger partial charge in [-0.05, 0) is 31.0 Å². The Morgan fingerprint density at radius 2 is 2.16 bits per heavy atom. The molecule has 2 amide bonds. The first-order valence-corrected chi connectivity index (χ1v) is 8.20. The number of carbonyl (C=O) groups excluding carboxylic acids is 1. The number of aromatic nitrogens is 1. The Bertz CT molecular complexity index is 717. The second-order valence-electron chi connectivity index (χ2n) is 5.55. The predicted molar refractivity (Wildman–Crippen MR) is 91.4 cm³/mol. The lowest BCUT2D eigenvalue weighted by Gasteiger charge is -2.26. The Balaban J connectivity index is 1.65. The molecule has 0 atom stereocenters. The zero-order valence-electron chi connectivity index (χ0n) is 14.1. The van der Waals surface area contributed by atoms with Gasteiger partial charge in [0.25, 0.3) is 0 Å². The van der Waals surface area contributed by atoms with Crippen molar-refractivity contribution in [3.63, 3.8) is 0 Å². The van der Waals surface area contributed by atoms with Gasteiger partial charge < -0.3 is 14.8 Å². The molecule has 0 saturated carbocycles. The van der Waals surface area contributed by atoms with Crippen LogP contribution in [0.4, 0.5) is 4.79 Å². The summed E-state index contributed by atoms with van der Waals surface area (Å²) in [5, 5.41) is 4.20. The minimum absolute atomic E-state index is 0.254. The van der Waals surface area contributed by atoms with E-state index < -0.39 is 0 Å². The molecule has 1 aliphatic heterocycles. The number of nitrogens with zero attached hydrogens (tertiary/aromatic N) is 2. The number of nitrogens with one attached hydrogen (secondary N) is 1. The monoisotopic (exact) mass is 343 g/mol. The van der Waals surface area contributed by atoms with Gasteiger partial charge in [0.05, 0.1) is 20.3 Å². The molecule has 1 aromatic heterocycles. The van der Waals surface area contributed by atoms with Gasteiger partial charge in [0, 0.05) is 24.4 Å². The van der Waals surface area contributed by atoms with Crippen LogP contribution in [0.15, 0.2) is 42.6 Å². The molecule has 1 aliphatic rings. The molecular weight excluding hydrogens is 322 g/mol. The summed E-state index contributed by atoms with van der Waals surface area (Å²) < 4.78 is 11.0. The van der Waals surface area contributed by atoms with Crippen LogP contribution in [0, 0.1) is 0 Å². The van der Waals surface area contributed by atoms with Crippen molar-refractivity contribution in [1.82, 2.24) is 15.4 Å². The van der Waals surface area contributed by atoms with Gasteiger partial charge >= 0.3 is 6.03 Å². The Labute approximate surface area is 146 Å². The number of amides is 2. The molecule has 0 bridgehead atoms. The Hall–Kier alpha value is -2.80. The molecule has 3 rings (SSSR count). The highest BCUT2D eigenvalue weighted by atomic mass is 16.7. The van der Waals surface area contributed by atoms with E-state index in [9.17, 15) is 4.79 Å². The van der Waals surface area contributed by atoms with Crippen molar-refractivity contribution >= 4 is 6.03 Å². The molecule has 1 N–H and O–H groups in total. The Morgan fingerprint density at radius 3 is 2.96 bits per heavy atom. The van der Waals surface area contributed by atoms with Crippen molar-refractivity contribution in [3.05, 3.63) is 48.2 Å². The predicted octanol–water partition coefficient (Wildman–Crippen LogP) is 3.12. The quantitative estimate of drug-likeness (QED) is 0.903.